The Morgan fingerprint density at radius 2 is 1.85 bits per heavy atom. The molecular weight excluding hydrogens is 439 g/mol. The molecule has 2 aromatic heterocycles. The number of hydrogen-bond acceptors (Lipinski definition) is 7. The van der Waals surface area contributed by atoms with Crippen molar-refractivity contribution in [1.29, 1.82) is 0 Å². The Balaban J connectivity index is 1.46. The van der Waals surface area contributed by atoms with Crippen molar-refractivity contribution in [3.8, 4) is 34.5 Å². The standard InChI is InChI=1S/C25H27FN4O4/c1-17-28-23(29-30(17)16-18-6-5-7-21(14-18)32-13-12-31-4)24-27-15-22(33-24)19-8-10-20(11-9-19)34-25(2,3)26/h5-11,14-15H,12-13,16H2,1-4H3. The molecule has 34 heavy (non-hydrogen) atoms. The SMILES string of the molecule is COCCOc1cccc(Cn2nc(-c3ncc(-c4ccc(OC(C)(C)F)cc4)o3)nc2C)c1. The van der Waals surface area contributed by atoms with Gasteiger partial charge in [-0.3, -0.25) is 0 Å². The van der Waals surface area contributed by atoms with Gasteiger partial charge in [-0.1, -0.05) is 12.1 Å². The van der Waals surface area contributed by atoms with E-state index < -0.39 is 5.85 Å². The molecule has 4 aromatic rings. The number of nitrogens with zero attached hydrogens (tertiary/aromatic N) is 4. The highest BCUT2D eigenvalue weighted by Crippen LogP contribution is 2.28. The number of aromatic nitrogens is 4. The van der Waals surface area contributed by atoms with Gasteiger partial charge in [-0.25, -0.2) is 14.6 Å². The minimum Gasteiger partial charge on any atom is -0.491 e. The monoisotopic (exact) mass is 466 g/mol. The van der Waals surface area contributed by atoms with Crippen molar-refractivity contribution in [2.45, 2.75) is 33.2 Å². The molecule has 178 valence electrons. The largest absolute Gasteiger partial charge is 0.491 e. The Bertz CT molecular complexity index is 1230. The first-order valence-corrected chi connectivity index (χ1v) is 10.9. The summed E-state index contributed by atoms with van der Waals surface area (Å²) < 4.78 is 37.3. The third kappa shape index (κ3) is 5.99. The topological polar surface area (TPSA) is 84.4 Å². The third-order valence-corrected chi connectivity index (χ3v) is 4.84. The predicted octanol–water partition coefficient (Wildman–Crippen LogP) is 5.07. The molecule has 0 aliphatic rings. The van der Waals surface area contributed by atoms with E-state index in [4.69, 9.17) is 18.6 Å². The Labute approximate surface area is 197 Å². The summed E-state index contributed by atoms with van der Waals surface area (Å²) in [6, 6.07) is 14.8. The molecule has 0 fully saturated rings. The lowest BCUT2D eigenvalue weighted by Crippen LogP contribution is -2.20. The highest BCUT2D eigenvalue weighted by atomic mass is 19.2. The second kappa shape index (κ2) is 10.0. The number of oxazole rings is 1. The maximum atomic E-state index is 13.7. The van der Waals surface area contributed by atoms with Crippen molar-refractivity contribution >= 4 is 0 Å². The second-order valence-corrected chi connectivity index (χ2v) is 8.15. The molecule has 8 nitrogen and oxygen atoms in total. The van der Waals surface area contributed by atoms with E-state index in [1.165, 1.54) is 13.8 Å². The van der Waals surface area contributed by atoms with Crippen molar-refractivity contribution in [2.75, 3.05) is 20.3 Å². The van der Waals surface area contributed by atoms with Gasteiger partial charge in [0.25, 0.3) is 5.89 Å². The van der Waals surface area contributed by atoms with Crippen LogP contribution in [0.4, 0.5) is 4.39 Å². The average Bonchev–Trinajstić information content (AvgIpc) is 3.41. The lowest BCUT2D eigenvalue weighted by atomic mass is 10.2. The number of benzene rings is 2. The van der Waals surface area contributed by atoms with Crippen LogP contribution in [0.25, 0.3) is 23.0 Å². The van der Waals surface area contributed by atoms with Crippen LogP contribution in [-0.4, -0.2) is 45.9 Å². The minimum absolute atomic E-state index is 0.318. The maximum Gasteiger partial charge on any atom is 0.267 e. The molecule has 0 radical (unpaired) electrons. The summed E-state index contributed by atoms with van der Waals surface area (Å²) in [7, 11) is 1.64. The zero-order valence-corrected chi connectivity index (χ0v) is 19.6. The molecule has 0 aliphatic heterocycles. The molecule has 4 rings (SSSR count). The molecular formula is C25H27FN4O4. The van der Waals surface area contributed by atoms with Crippen LogP contribution in [0.15, 0.2) is 59.1 Å². The highest BCUT2D eigenvalue weighted by Gasteiger charge is 2.18. The van der Waals surface area contributed by atoms with Crippen LogP contribution in [0.5, 0.6) is 11.5 Å². The van der Waals surface area contributed by atoms with E-state index in [0.29, 0.717) is 43.0 Å². The Kier molecular flexibility index (Phi) is 6.93. The normalized spacial score (nSPS) is 11.6. The summed E-state index contributed by atoms with van der Waals surface area (Å²) in [5.74, 6) is 1.46. The summed E-state index contributed by atoms with van der Waals surface area (Å²) in [4.78, 5) is 8.84. The minimum atomic E-state index is -1.75. The fourth-order valence-corrected chi connectivity index (χ4v) is 3.29. The van der Waals surface area contributed by atoms with Gasteiger partial charge in [0.1, 0.15) is 23.9 Å². The van der Waals surface area contributed by atoms with Gasteiger partial charge in [0.15, 0.2) is 5.76 Å². The van der Waals surface area contributed by atoms with Gasteiger partial charge in [0.2, 0.25) is 11.7 Å². The fraction of sp³-hybridized carbons (Fsp3) is 0.320. The number of ether oxygens (including phenoxy) is 3. The Morgan fingerprint density at radius 3 is 2.59 bits per heavy atom. The van der Waals surface area contributed by atoms with Crippen LogP contribution in [-0.2, 0) is 11.3 Å². The summed E-state index contributed by atoms with van der Waals surface area (Å²) in [5, 5.41) is 4.57. The van der Waals surface area contributed by atoms with Crippen LogP contribution >= 0.6 is 0 Å². The van der Waals surface area contributed by atoms with Crippen LogP contribution in [0.2, 0.25) is 0 Å². The molecule has 9 heteroatoms. The number of rotatable bonds is 10. The average molecular weight is 467 g/mol. The zero-order chi connectivity index (χ0) is 24.1. The van der Waals surface area contributed by atoms with Gasteiger partial charge >= 0.3 is 0 Å². The molecule has 2 heterocycles. The third-order valence-electron chi connectivity index (χ3n) is 4.84. The molecule has 0 unspecified atom stereocenters. The van der Waals surface area contributed by atoms with Crippen LogP contribution < -0.4 is 9.47 Å². The second-order valence-electron chi connectivity index (χ2n) is 8.15. The molecule has 0 saturated heterocycles. The van der Waals surface area contributed by atoms with Gasteiger partial charge in [-0.15, -0.1) is 5.10 Å². The number of alkyl halides is 1. The van der Waals surface area contributed by atoms with Crippen molar-refractivity contribution < 1.29 is 23.0 Å². The Hall–Kier alpha value is -3.72. The molecule has 0 spiro atoms. The molecule has 0 N–H and O–H groups in total. The van der Waals surface area contributed by atoms with Gasteiger partial charge in [-0.05, 0) is 48.9 Å². The summed E-state index contributed by atoms with van der Waals surface area (Å²) >= 11 is 0. The first kappa shape index (κ1) is 23.4. The first-order chi connectivity index (χ1) is 16.3. The summed E-state index contributed by atoms with van der Waals surface area (Å²) in [6.07, 6.45) is 1.61. The summed E-state index contributed by atoms with van der Waals surface area (Å²) in [5.41, 5.74) is 1.81. The maximum absolute atomic E-state index is 13.7. The molecule has 0 bridgehead atoms. The molecule has 0 aliphatic carbocycles. The van der Waals surface area contributed by atoms with Crippen LogP contribution in [0, 0.1) is 6.92 Å². The van der Waals surface area contributed by atoms with Gasteiger partial charge in [0.05, 0.1) is 19.3 Å². The van der Waals surface area contributed by atoms with E-state index >= 15 is 0 Å². The van der Waals surface area contributed by atoms with Gasteiger partial charge < -0.3 is 18.6 Å². The smallest absolute Gasteiger partial charge is 0.267 e. The lowest BCUT2D eigenvalue weighted by Gasteiger charge is -2.16. The quantitative estimate of drug-likeness (QED) is 0.302. The van der Waals surface area contributed by atoms with E-state index in [9.17, 15) is 4.39 Å². The van der Waals surface area contributed by atoms with Crippen molar-refractivity contribution in [2.24, 2.45) is 0 Å². The fourth-order valence-electron chi connectivity index (χ4n) is 3.29. The number of methoxy groups -OCH3 is 1. The van der Waals surface area contributed by atoms with Crippen LogP contribution in [0.3, 0.4) is 0 Å². The first-order valence-electron chi connectivity index (χ1n) is 10.9. The van der Waals surface area contributed by atoms with Crippen molar-refractivity contribution in [3.05, 3.63) is 66.1 Å². The van der Waals surface area contributed by atoms with Gasteiger partial charge in [-0.2, -0.15) is 4.39 Å². The lowest BCUT2D eigenvalue weighted by molar-refractivity contribution is -0.0256. The number of hydrogen-bond donors (Lipinski definition) is 0. The zero-order valence-electron chi connectivity index (χ0n) is 19.6. The molecule has 0 atom stereocenters. The van der Waals surface area contributed by atoms with E-state index in [1.807, 2.05) is 31.2 Å². The molecule has 0 amide bonds. The van der Waals surface area contributed by atoms with Crippen molar-refractivity contribution in [1.82, 2.24) is 19.7 Å². The van der Waals surface area contributed by atoms with Crippen LogP contribution in [0.1, 0.15) is 25.2 Å². The van der Waals surface area contributed by atoms with E-state index in [1.54, 1.807) is 42.3 Å². The number of halogens is 1. The Morgan fingerprint density at radius 1 is 1.06 bits per heavy atom. The summed E-state index contributed by atoms with van der Waals surface area (Å²) in [6.45, 7) is 6.13. The number of aryl methyl sites for hydroxylation is 1. The van der Waals surface area contributed by atoms with E-state index in [0.717, 1.165) is 22.7 Å². The predicted molar refractivity (Wildman–Crippen MR) is 124 cm³/mol. The van der Waals surface area contributed by atoms with E-state index in [2.05, 4.69) is 15.1 Å². The van der Waals surface area contributed by atoms with Gasteiger partial charge in [0, 0.05) is 26.5 Å². The molecule has 2 aromatic carbocycles. The molecule has 0 saturated carbocycles. The van der Waals surface area contributed by atoms with Crippen molar-refractivity contribution in [3.63, 3.8) is 0 Å². The highest BCUT2D eigenvalue weighted by molar-refractivity contribution is 5.59. The van der Waals surface area contributed by atoms with E-state index in [-0.39, 0.29) is 0 Å².